The molecule has 0 radical (unpaired) electrons. The monoisotopic (exact) mass is 510 g/mol. The second-order valence-electron chi connectivity index (χ2n) is 7.09. The van der Waals surface area contributed by atoms with Gasteiger partial charge in [0, 0.05) is 28.3 Å². The molecule has 2 aromatic carbocycles. The van der Waals surface area contributed by atoms with E-state index in [2.05, 4.69) is 28.2 Å². The Bertz CT molecular complexity index is 849. The molecule has 0 saturated heterocycles. The minimum Gasteiger partial charge on any atom is -0.354 e. The molecule has 2 aromatic rings. The lowest BCUT2D eigenvalue weighted by Crippen LogP contribution is -2.48. The predicted octanol–water partition coefficient (Wildman–Crippen LogP) is 5.67. The zero-order valence-electron chi connectivity index (χ0n) is 17.4. The fourth-order valence-corrected chi connectivity index (χ4v) is 4.43. The fraction of sp³-hybridized carbons (Fsp3) is 0.391. The molecule has 0 aliphatic heterocycles. The van der Waals surface area contributed by atoms with E-state index in [-0.39, 0.29) is 11.8 Å². The third kappa shape index (κ3) is 8.32. The Hall–Kier alpha value is -1.50. The number of halogens is 2. The molecular weight excluding hydrogens is 484 g/mol. The number of carbonyl (C=O) groups excluding carboxylic acids is 2. The highest BCUT2D eigenvalue weighted by Gasteiger charge is 2.25. The van der Waals surface area contributed by atoms with E-state index in [1.165, 1.54) is 11.8 Å². The van der Waals surface area contributed by atoms with E-state index in [1.807, 2.05) is 48.5 Å². The van der Waals surface area contributed by atoms with Gasteiger partial charge in [0.25, 0.3) is 0 Å². The van der Waals surface area contributed by atoms with Crippen molar-refractivity contribution in [3.8, 4) is 0 Å². The average molecular weight is 512 g/mol. The first-order valence-corrected chi connectivity index (χ1v) is 12.4. The summed E-state index contributed by atoms with van der Waals surface area (Å²) in [4.78, 5) is 27.3. The van der Waals surface area contributed by atoms with Gasteiger partial charge in [-0.15, -0.1) is 11.8 Å². The van der Waals surface area contributed by atoms with Crippen molar-refractivity contribution in [3.63, 3.8) is 0 Å². The van der Waals surface area contributed by atoms with Gasteiger partial charge < -0.3 is 10.2 Å². The molecule has 0 unspecified atom stereocenters. The Balaban J connectivity index is 2.04. The molecule has 0 spiro atoms. The van der Waals surface area contributed by atoms with Gasteiger partial charge in [0.1, 0.15) is 6.04 Å². The first kappa shape index (κ1) is 24.8. The Morgan fingerprint density at radius 3 is 2.60 bits per heavy atom. The first-order chi connectivity index (χ1) is 14.4. The number of nitrogens with one attached hydrogen (secondary N) is 1. The number of hydrogen-bond donors (Lipinski definition) is 1. The third-order valence-electron chi connectivity index (χ3n) is 4.62. The SMILES string of the molecule is CCCCNC(=O)[C@H](C)N(Cc1cccc(Br)c1)C(=O)CSCc1cccc(Cl)c1. The number of carbonyl (C=O) groups is 2. The largest absolute Gasteiger partial charge is 0.354 e. The molecule has 0 fully saturated rings. The van der Waals surface area contributed by atoms with Crippen molar-refractivity contribution >= 4 is 51.1 Å². The maximum atomic E-state index is 13.1. The summed E-state index contributed by atoms with van der Waals surface area (Å²) in [5, 5.41) is 3.63. The molecule has 0 heterocycles. The van der Waals surface area contributed by atoms with Crippen LogP contribution in [0.1, 0.15) is 37.8 Å². The van der Waals surface area contributed by atoms with Crippen molar-refractivity contribution < 1.29 is 9.59 Å². The molecule has 2 rings (SSSR count). The van der Waals surface area contributed by atoms with Crippen molar-refractivity contribution in [2.75, 3.05) is 12.3 Å². The van der Waals surface area contributed by atoms with E-state index >= 15 is 0 Å². The van der Waals surface area contributed by atoms with Crippen LogP contribution < -0.4 is 5.32 Å². The molecule has 0 saturated carbocycles. The molecule has 0 aliphatic carbocycles. The van der Waals surface area contributed by atoms with E-state index in [0.717, 1.165) is 28.4 Å². The summed E-state index contributed by atoms with van der Waals surface area (Å²) < 4.78 is 0.947. The van der Waals surface area contributed by atoms with Gasteiger partial charge in [0.2, 0.25) is 11.8 Å². The molecule has 0 aliphatic rings. The number of benzene rings is 2. The van der Waals surface area contributed by atoms with Crippen molar-refractivity contribution in [1.29, 1.82) is 0 Å². The average Bonchev–Trinajstić information content (AvgIpc) is 2.71. The lowest BCUT2D eigenvalue weighted by molar-refractivity contribution is -0.138. The second kappa shape index (κ2) is 13.0. The van der Waals surface area contributed by atoms with Crippen LogP contribution in [0.3, 0.4) is 0 Å². The standard InChI is InChI=1S/C23H28BrClN2O2S/c1-3-4-11-26-23(29)17(2)27(14-18-7-5-9-20(24)12-18)22(28)16-30-15-19-8-6-10-21(25)13-19/h5-10,12-13,17H,3-4,11,14-16H2,1-2H3,(H,26,29)/t17-/m0/s1. The van der Waals surface area contributed by atoms with Crippen LogP contribution in [0.25, 0.3) is 0 Å². The number of nitrogens with zero attached hydrogens (tertiary/aromatic N) is 1. The Morgan fingerprint density at radius 1 is 1.17 bits per heavy atom. The van der Waals surface area contributed by atoms with E-state index in [4.69, 9.17) is 11.6 Å². The van der Waals surface area contributed by atoms with Crippen molar-refractivity contribution in [1.82, 2.24) is 10.2 Å². The first-order valence-electron chi connectivity index (χ1n) is 10.0. The maximum Gasteiger partial charge on any atom is 0.242 e. The van der Waals surface area contributed by atoms with Gasteiger partial charge in [-0.05, 0) is 48.7 Å². The Morgan fingerprint density at radius 2 is 1.90 bits per heavy atom. The number of hydrogen-bond acceptors (Lipinski definition) is 3. The van der Waals surface area contributed by atoms with E-state index in [9.17, 15) is 9.59 Å². The maximum absolute atomic E-state index is 13.1. The smallest absolute Gasteiger partial charge is 0.242 e. The van der Waals surface area contributed by atoms with Crippen LogP contribution in [0.5, 0.6) is 0 Å². The van der Waals surface area contributed by atoms with Crippen molar-refractivity contribution in [3.05, 3.63) is 69.2 Å². The molecular formula is C23H28BrClN2O2S. The third-order valence-corrected chi connectivity index (χ3v) is 6.34. The minimum absolute atomic E-state index is 0.0554. The zero-order valence-corrected chi connectivity index (χ0v) is 20.5. The second-order valence-corrected chi connectivity index (χ2v) is 9.43. The number of amides is 2. The molecule has 4 nitrogen and oxygen atoms in total. The molecule has 0 aromatic heterocycles. The highest BCUT2D eigenvalue weighted by Crippen LogP contribution is 2.19. The topological polar surface area (TPSA) is 49.4 Å². The number of unbranched alkanes of at least 4 members (excludes halogenated alkanes) is 1. The quantitative estimate of drug-likeness (QED) is 0.396. The molecule has 30 heavy (non-hydrogen) atoms. The highest BCUT2D eigenvalue weighted by atomic mass is 79.9. The van der Waals surface area contributed by atoms with Crippen LogP contribution >= 0.6 is 39.3 Å². The van der Waals surface area contributed by atoms with E-state index < -0.39 is 6.04 Å². The van der Waals surface area contributed by atoms with Gasteiger partial charge >= 0.3 is 0 Å². The Kier molecular flexibility index (Phi) is 10.8. The van der Waals surface area contributed by atoms with Gasteiger partial charge in [-0.25, -0.2) is 0 Å². The summed E-state index contributed by atoms with van der Waals surface area (Å²) in [6.45, 7) is 4.88. The molecule has 162 valence electrons. The zero-order chi connectivity index (χ0) is 21.9. The van der Waals surface area contributed by atoms with Gasteiger partial charge in [0.15, 0.2) is 0 Å². The summed E-state index contributed by atoms with van der Waals surface area (Å²) in [6, 6.07) is 14.9. The predicted molar refractivity (Wildman–Crippen MR) is 130 cm³/mol. The summed E-state index contributed by atoms with van der Waals surface area (Å²) in [5.41, 5.74) is 2.05. The van der Waals surface area contributed by atoms with Gasteiger partial charge in [0.05, 0.1) is 5.75 Å². The van der Waals surface area contributed by atoms with Crippen LogP contribution in [0.4, 0.5) is 0 Å². The lowest BCUT2D eigenvalue weighted by atomic mass is 10.1. The fourth-order valence-electron chi connectivity index (χ4n) is 2.92. The van der Waals surface area contributed by atoms with Crippen molar-refractivity contribution in [2.24, 2.45) is 0 Å². The van der Waals surface area contributed by atoms with E-state index in [1.54, 1.807) is 11.8 Å². The van der Waals surface area contributed by atoms with Crippen LogP contribution in [-0.4, -0.2) is 35.1 Å². The number of thioether (sulfide) groups is 1. The molecule has 7 heteroatoms. The van der Waals surface area contributed by atoms with E-state index in [0.29, 0.717) is 29.6 Å². The summed E-state index contributed by atoms with van der Waals surface area (Å²) in [7, 11) is 0. The summed E-state index contributed by atoms with van der Waals surface area (Å²) in [6.07, 6.45) is 1.93. The molecule has 1 N–H and O–H groups in total. The lowest BCUT2D eigenvalue weighted by Gasteiger charge is -2.29. The summed E-state index contributed by atoms with van der Waals surface area (Å²) in [5.74, 6) is 0.813. The number of rotatable bonds is 11. The molecule has 1 atom stereocenters. The highest BCUT2D eigenvalue weighted by molar-refractivity contribution is 9.10. The van der Waals surface area contributed by atoms with Crippen LogP contribution in [-0.2, 0) is 21.9 Å². The normalized spacial score (nSPS) is 11.7. The molecule has 2 amide bonds. The molecule has 0 bridgehead atoms. The van der Waals surface area contributed by atoms with Gasteiger partial charge in [-0.3, -0.25) is 9.59 Å². The van der Waals surface area contributed by atoms with Gasteiger partial charge in [-0.2, -0.15) is 0 Å². The van der Waals surface area contributed by atoms with Gasteiger partial charge in [-0.1, -0.05) is 65.1 Å². The summed E-state index contributed by atoms with van der Waals surface area (Å²) >= 11 is 11.0. The van der Waals surface area contributed by atoms with Crippen molar-refractivity contribution in [2.45, 2.75) is 45.0 Å². The van der Waals surface area contributed by atoms with Crippen LogP contribution in [0.2, 0.25) is 5.02 Å². The Labute approximate surface area is 196 Å². The minimum atomic E-state index is -0.542. The van der Waals surface area contributed by atoms with Crippen LogP contribution in [0, 0.1) is 0 Å². The van der Waals surface area contributed by atoms with Crippen LogP contribution in [0.15, 0.2) is 53.0 Å².